The van der Waals surface area contributed by atoms with Gasteiger partial charge in [0.05, 0.1) is 17.3 Å². The first-order chi connectivity index (χ1) is 14.5. The standard InChI is InChI=1S/C22H19BrN2O5/c1-2-29-19-11-14(10-18(23)21(19)30-13-20(26)27)12-24-25-22(28)17-9-5-7-15-6-3-4-8-16(15)17/h3-12H,2,13H2,1H3,(H,25,28)(H,26,27)/b24-12-. The minimum Gasteiger partial charge on any atom is -0.490 e. The average molecular weight is 471 g/mol. The summed E-state index contributed by atoms with van der Waals surface area (Å²) in [6.07, 6.45) is 1.47. The average Bonchev–Trinajstić information content (AvgIpc) is 2.72. The van der Waals surface area contributed by atoms with Gasteiger partial charge < -0.3 is 14.6 Å². The molecule has 0 aliphatic carbocycles. The van der Waals surface area contributed by atoms with Crippen molar-refractivity contribution < 1.29 is 24.2 Å². The summed E-state index contributed by atoms with van der Waals surface area (Å²) >= 11 is 3.36. The SMILES string of the molecule is CCOc1cc(/C=N\NC(=O)c2cccc3ccccc23)cc(Br)c1OCC(=O)O. The summed E-state index contributed by atoms with van der Waals surface area (Å²) in [6.45, 7) is 1.68. The summed E-state index contributed by atoms with van der Waals surface area (Å²) in [6, 6.07) is 16.5. The van der Waals surface area contributed by atoms with Gasteiger partial charge in [0, 0.05) is 5.56 Å². The summed E-state index contributed by atoms with van der Waals surface area (Å²) in [7, 11) is 0. The van der Waals surface area contributed by atoms with Crippen LogP contribution in [0.2, 0.25) is 0 Å². The van der Waals surface area contributed by atoms with Crippen molar-refractivity contribution in [1.82, 2.24) is 5.43 Å². The predicted octanol–water partition coefficient (Wildman–Crippen LogP) is 4.23. The molecule has 0 heterocycles. The molecule has 0 saturated carbocycles. The largest absolute Gasteiger partial charge is 0.490 e. The second-order valence-corrected chi connectivity index (χ2v) is 7.03. The Bertz CT molecular complexity index is 1110. The van der Waals surface area contributed by atoms with Crippen LogP contribution in [0.3, 0.4) is 0 Å². The molecule has 0 aliphatic heterocycles. The molecule has 2 N–H and O–H groups in total. The van der Waals surface area contributed by atoms with Gasteiger partial charge in [0.25, 0.3) is 5.91 Å². The molecule has 0 spiro atoms. The number of ether oxygens (including phenoxy) is 2. The number of carboxylic acid groups (broad SMARTS) is 1. The Morgan fingerprint density at radius 2 is 1.90 bits per heavy atom. The number of hydrogen-bond acceptors (Lipinski definition) is 5. The van der Waals surface area contributed by atoms with Crippen LogP contribution in [-0.2, 0) is 4.79 Å². The predicted molar refractivity (Wildman–Crippen MR) is 117 cm³/mol. The van der Waals surface area contributed by atoms with Gasteiger partial charge in [0.15, 0.2) is 18.1 Å². The Kier molecular flexibility index (Phi) is 7.03. The Balaban J connectivity index is 1.78. The van der Waals surface area contributed by atoms with Gasteiger partial charge in [-0.25, -0.2) is 10.2 Å². The highest BCUT2D eigenvalue weighted by Crippen LogP contribution is 2.36. The number of benzene rings is 3. The molecule has 8 heteroatoms. The number of halogens is 1. The molecule has 30 heavy (non-hydrogen) atoms. The number of hydrazone groups is 1. The zero-order valence-electron chi connectivity index (χ0n) is 16.1. The lowest BCUT2D eigenvalue weighted by Crippen LogP contribution is -2.18. The molecule has 0 atom stereocenters. The van der Waals surface area contributed by atoms with Gasteiger partial charge in [0.1, 0.15) is 0 Å². The van der Waals surface area contributed by atoms with Crippen LogP contribution in [0.15, 0.2) is 64.2 Å². The minimum absolute atomic E-state index is 0.288. The van der Waals surface area contributed by atoms with Crippen LogP contribution < -0.4 is 14.9 Å². The highest BCUT2D eigenvalue weighted by atomic mass is 79.9. The summed E-state index contributed by atoms with van der Waals surface area (Å²) < 4.78 is 11.3. The molecule has 0 unspecified atom stereocenters. The highest BCUT2D eigenvalue weighted by Gasteiger charge is 2.13. The van der Waals surface area contributed by atoms with Gasteiger partial charge >= 0.3 is 5.97 Å². The number of carboxylic acids is 1. The third kappa shape index (κ3) is 5.15. The number of hydrogen-bond donors (Lipinski definition) is 2. The van der Waals surface area contributed by atoms with Crippen LogP contribution >= 0.6 is 15.9 Å². The molecule has 3 aromatic carbocycles. The first-order valence-corrected chi connectivity index (χ1v) is 9.91. The third-order valence-electron chi connectivity index (χ3n) is 4.09. The lowest BCUT2D eigenvalue weighted by atomic mass is 10.0. The lowest BCUT2D eigenvalue weighted by molar-refractivity contribution is -0.139. The smallest absolute Gasteiger partial charge is 0.341 e. The van der Waals surface area contributed by atoms with Crippen molar-refractivity contribution in [2.45, 2.75) is 6.92 Å². The monoisotopic (exact) mass is 470 g/mol. The number of aliphatic carboxylic acids is 1. The van der Waals surface area contributed by atoms with E-state index in [9.17, 15) is 9.59 Å². The molecule has 0 aliphatic rings. The highest BCUT2D eigenvalue weighted by molar-refractivity contribution is 9.10. The molecule has 154 valence electrons. The van der Waals surface area contributed by atoms with Crippen molar-refractivity contribution in [3.63, 3.8) is 0 Å². The molecule has 3 aromatic rings. The summed E-state index contributed by atoms with van der Waals surface area (Å²) in [5.41, 5.74) is 3.69. The van der Waals surface area contributed by atoms with E-state index >= 15 is 0 Å². The molecule has 1 amide bonds. The summed E-state index contributed by atoms with van der Waals surface area (Å²) in [5.74, 6) is -0.758. The van der Waals surface area contributed by atoms with Gasteiger partial charge in [-0.05, 0) is 57.4 Å². The van der Waals surface area contributed by atoms with Gasteiger partial charge in [-0.3, -0.25) is 4.79 Å². The normalized spacial score (nSPS) is 10.9. The van der Waals surface area contributed by atoms with E-state index in [1.807, 2.05) is 36.4 Å². The fourth-order valence-corrected chi connectivity index (χ4v) is 3.42. The molecule has 0 radical (unpaired) electrons. The van der Waals surface area contributed by atoms with E-state index in [-0.39, 0.29) is 11.7 Å². The number of carbonyl (C=O) groups is 2. The fraction of sp³-hybridized carbons (Fsp3) is 0.136. The summed E-state index contributed by atoms with van der Waals surface area (Å²) in [4.78, 5) is 23.3. The van der Waals surface area contributed by atoms with Crippen molar-refractivity contribution in [2.24, 2.45) is 5.10 Å². The van der Waals surface area contributed by atoms with Gasteiger partial charge in [0.2, 0.25) is 0 Å². The van der Waals surface area contributed by atoms with Gasteiger partial charge in [-0.2, -0.15) is 5.10 Å². The van der Waals surface area contributed by atoms with Crippen LogP contribution in [0.1, 0.15) is 22.8 Å². The molecule has 7 nitrogen and oxygen atoms in total. The van der Waals surface area contributed by atoms with E-state index in [0.717, 1.165) is 10.8 Å². The molecular formula is C22H19BrN2O5. The quantitative estimate of drug-likeness (QED) is 0.379. The van der Waals surface area contributed by atoms with Crippen molar-refractivity contribution in [3.05, 3.63) is 70.2 Å². The van der Waals surface area contributed by atoms with E-state index in [0.29, 0.717) is 28.0 Å². The van der Waals surface area contributed by atoms with Crippen molar-refractivity contribution in [2.75, 3.05) is 13.2 Å². The maximum Gasteiger partial charge on any atom is 0.341 e. The van der Waals surface area contributed by atoms with Crippen LogP contribution in [0.4, 0.5) is 0 Å². The zero-order valence-corrected chi connectivity index (χ0v) is 17.7. The first kappa shape index (κ1) is 21.3. The molecule has 0 saturated heterocycles. The Labute approximate surface area is 181 Å². The lowest BCUT2D eigenvalue weighted by Gasteiger charge is -2.13. The Morgan fingerprint density at radius 1 is 1.13 bits per heavy atom. The van der Waals surface area contributed by atoms with Crippen LogP contribution in [0.25, 0.3) is 10.8 Å². The number of fused-ring (bicyclic) bond motifs is 1. The fourth-order valence-electron chi connectivity index (χ4n) is 2.85. The summed E-state index contributed by atoms with van der Waals surface area (Å²) in [5, 5.41) is 14.7. The molecular weight excluding hydrogens is 452 g/mol. The topological polar surface area (TPSA) is 97.2 Å². The number of amides is 1. The number of carbonyl (C=O) groups excluding carboxylic acids is 1. The number of rotatable bonds is 8. The number of nitrogens with one attached hydrogen (secondary N) is 1. The molecule has 0 bridgehead atoms. The van der Waals surface area contributed by atoms with Gasteiger partial charge in [-0.1, -0.05) is 36.4 Å². The van der Waals surface area contributed by atoms with E-state index in [4.69, 9.17) is 14.6 Å². The van der Waals surface area contributed by atoms with Crippen LogP contribution in [0.5, 0.6) is 11.5 Å². The van der Waals surface area contributed by atoms with Crippen molar-refractivity contribution >= 4 is 44.8 Å². The maximum atomic E-state index is 12.6. The van der Waals surface area contributed by atoms with Crippen molar-refractivity contribution in [3.8, 4) is 11.5 Å². The van der Waals surface area contributed by atoms with E-state index in [1.165, 1.54) is 6.21 Å². The molecule has 0 fully saturated rings. The first-order valence-electron chi connectivity index (χ1n) is 9.11. The van der Waals surface area contributed by atoms with E-state index in [1.54, 1.807) is 25.1 Å². The van der Waals surface area contributed by atoms with Crippen molar-refractivity contribution in [1.29, 1.82) is 0 Å². The van der Waals surface area contributed by atoms with E-state index in [2.05, 4.69) is 26.5 Å². The zero-order chi connectivity index (χ0) is 21.5. The second-order valence-electron chi connectivity index (χ2n) is 6.17. The van der Waals surface area contributed by atoms with Gasteiger partial charge in [-0.15, -0.1) is 0 Å². The van der Waals surface area contributed by atoms with Crippen LogP contribution in [0, 0.1) is 0 Å². The van der Waals surface area contributed by atoms with E-state index < -0.39 is 12.6 Å². The molecule has 0 aromatic heterocycles. The Morgan fingerprint density at radius 3 is 2.67 bits per heavy atom. The minimum atomic E-state index is -1.09. The maximum absolute atomic E-state index is 12.6. The van der Waals surface area contributed by atoms with Crippen LogP contribution in [-0.4, -0.2) is 36.4 Å². The number of nitrogens with zero attached hydrogens (tertiary/aromatic N) is 1. The third-order valence-corrected chi connectivity index (χ3v) is 4.67. The Hall–Kier alpha value is -3.39. The molecule has 3 rings (SSSR count). The second kappa shape index (κ2) is 9.89.